The molecule has 1 amide bonds. The van der Waals surface area contributed by atoms with Gasteiger partial charge >= 0.3 is 0 Å². The number of rotatable bonds is 5. The Balaban J connectivity index is 1.63. The van der Waals surface area contributed by atoms with Gasteiger partial charge in [0.15, 0.2) is 5.82 Å². The Bertz CT molecular complexity index is 656. The number of hydrogen-bond acceptors (Lipinski definition) is 4. The fraction of sp³-hybridized carbons (Fsp3) is 0.357. The van der Waals surface area contributed by atoms with Gasteiger partial charge in [-0.05, 0) is 25.0 Å². The molecule has 7 heteroatoms. The molecule has 1 aromatic carbocycles. The average Bonchev–Trinajstić information content (AvgIpc) is 3.23. The first-order chi connectivity index (χ1) is 10.1. The van der Waals surface area contributed by atoms with E-state index in [0.29, 0.717) is 28.3 Å². The summed E-state index contributed by atoms with van der Waals surface area (Å²) in [7, 11) is 1.82. The van der Waals surface area contributed by atoms with Gasteiger partial charge in [0.2, 0.25) is 11.1 Å². The number of amides is 1. The Hall–Kier alpha value is -1.89. The molecule has 0 aliphatic heterocycles. The molecular formula is C14H15FN4OS. The highest BCUT2D eigenvalue weighted by atomic mass is 32.2. The van der Waals surface area contributed by atoms with E-state index in [2.05, 4.69) is 15.2 Å². The van der Waals surface area contributed by atoms with Gasteiger partial charge in [0.25, 0.3) is 0 Å². The fourth-order valence-electron chi connectivity index (χ4n) is 1.98. The van der Waals surface area contributed by atoms with Gasteiger partial charge in [0.1, 0.15) is 5.82 Å². The van der Waals surface area contributed by atoms with Crippen LogP contribution in [0.15, 0.2) is 29.4 Å². The lowest BCUT2D eigenvalue weighted by Gasteiger charge is -2.14. The summed E-state index contributed by atoms with van der Waals surface area (Å²) in [5.74, 6) is 0.384. The number of benzene rings is 1. The van der Waals surface area contributed by atoms with Crippen molar-refractivity contribution in [3.8, 4) is 11.4 Å². The highest BCUT2D eigenvalue weighted by Gasteiger charge is 2.29. The number of thioether (sulfide) groups is 1. The molecule has 1 aliphatic rings. The number of nitrogens with zero attached hydrogens (tertiary/aromatic N) is 3. The van der Waals surface area contributed by atoms with Crippen molar-refractivity contribution in [2.75, 3.05) is 12.8 Å². The first kappa shape index (κ1) is 14.1. The number of H-pyrrole nitrogens is 1. The van der Waals surface area contributed by atoms with Crippen molar-refractivity contribution in [2.24, 2.45) is 0 Å². The standard InChI is InChI=1S/C14H15FN4OS/c1-19(9-6-7-9)12(20)8-21-14-16-13(17-18-14)10-4-2-3-5-11(10)15/h2-5,9H,6-8H2,1H3,(H,16,17,18). The van der Waals surface area contributed by atoms with Crippen molar-refractivity contribution in [2.45, 2.75) is 24.0 Å². The SMILES string of the molecule is CN(C(=O)CSc1n[nH]c(-c2ccccc2F)n1)C1CC1. The van der Waals surface area contributed by atoms with Crippen LogP contribution in [-0.4, -0.2) is 44.8 Å². The smallest absolute Gasteiger partial charge is 0.233 e. The van der Waals surface area contributed by atoms with Crippen LogP contribution in [0.5, 0.6) is 0 Å². The summed E-state index contributed by atoms with van der Waals surface area (Å²) in [4.78, 5) is 17.9. The summed E-state index contributed by atoms with van der Waals surface area (Å²) in [6.07, 6.45) is 2.18. The molecule has 5 nitrogen and oxygen atoms in total. The molecule has 2 aromatic rings. The van der Waals surface area contributed by atoms with Crippen LogP contribution < -0.4 is 0 Å². The summed E-state index contributed by atoms with van der Waals surface area (Å²) >= 11 is 1.26. The summed E-state index contributed by atoms with van der Waals surface area (Å²) < 4.78 is 13.6. The molecule has 0 unspecified atom stereocenters. The molecule has 0 saturated heterocycles. The molecule has 1 N–H and O–H groups in total. The third-order valence-electron chi connectivity index (χ3n) is 3.41. The molecule has 1 heterocycles. The van der Waals surface area contributed by atoms with E-state index in [1.54, 1.807) is 23.1 Å². The van der Waals surface area contributed by atoms with Gasteiger partial charge in [-0.2, -0.15) is 0 Å². The maximum Gasteiger partial charge on any atom is 0.233 e. The van der Waals surface area contributed by atoms with E-state index in [1.807, 2.05) is 7.05 Å². The van der Waals surface area contributed by atoms with Gasteiger partial charge in [-0.15, -0.1) is 5.10 Å². The van der Waals surface area contributed by atoms with Crippen LogP contribution in [0.3, 0.4) is 0 Å². The van der Waals surface area contributed by atoms with Gasteiger partial charge in [0.05, 0.1) is 11.3 Å². The summed E-state index contributed by atoms with van der Waals surface area (Å²) in [6, 6.07) is 6.77. The largest absolute Gasteiger partial charge is 0.342 e. The van der Waals surface area contributed by atoms with Gasteiger partial charge in [-0.25, -0.2) is 9.37 Å². The first-order valence-electron chi connectivity index (χ1n) is 6.71. The van der Waals surface area contributed by atoms with E-state index >= 15 is 0 Å². The van der Waals surface area contributed by atoms with E-state index in [0.717, 1.165) is 12.8 Å². The molecular weight excluding hydrogens is 291 g/mol. The molecule has 21 heavy (non-hydrogen) atoms. The highest BCUT2D eigenvalue weighted by molar-refractivity contribution is 7.99. The van der Waals surface area contributed by atoms with Gasteiger partial charge in [-0.3, -0.25) is 9.89 Å². The quantitative estimate of drug-likeness (QED) is 0.861. The van der Waals surface area contributed by atoms with Crippen LogP contribution in [0.25, 0.3) is 11.4 Å². The Morgan fingerprint density at radius 3 is 2.95 bits per heavy atom. The maximum absolute atomic E-state index is 13.6. The highest BCUT2D eigenvalue weighted by Crippen LogP contribution is 2.27. The number of aromatic amines is 1. The van der Waals surface area contributed by atoms with Crippen LogP contribution >= 0.6 is 11.8 Å². The molecule has 110 valence electrons. The predicted molar refractivity (Wildman–Crippen MR) is 78.3 cm³/mol. The Kier molecular flexibility index (Phi) is 3.92. The zero-order valence-electron chi connectivity index (χ0n) is 11.5. The molecule has 0 bridgehead atoms. The lowest BCUT2D eigenvalue weighted by molar-refractivity contribution is -0.127. The van der Waals surface area contributed by atoms with E-state index in [1.165, 1.54) is 17.8 Å². The molecule has 0 radical (unpaired) electrons. The van der Waals surface area contributed by atoms with Gasteiger partial charge < -0.3 is 4.90 Å². The van der Waals surface area contributed by atoms with Gasteiger partial charge in [-0.1, -0.05) is 23.9 Å². The van der Waals surface area contributed by atoms with E-state index in [-0.39, 0.29) is 11.7 Å². The average molecular weight is 306 g/mol. The second-order valence-electron chi connectivity index (χ2n) is 4.97. The number of aromatic nitrogens is 3. The van der Waals surface area contributed by atoms with E-state index in [9.17, 15) is 9.18 Å². The van der Waals surface area contributed by atoms with E-state index in [4.69, 9.17) is 0 Å². The molecule has 3 rings (SSSR count). The minimum Gasteiger partial charge on any atom is -0.342 e. The molecule has 1 aliphatic carbocycles. The van der Waals surface area contributed by atoms with Gasteiger partial charge in [0, 0.05) is 13.1 Å². The summed E-state index contributed by atoms with van der Waals surface area (Å²) in [6.45, 7) is 0. The lowest BCUT2D eigenvalue weighted by Crippen LogP contribution is -2.30. The van der Waals surface area contributed by atoms with Crippen molar-refractivity contribution in [3.63, 3.8) is 0 Å². The van der Waals surface area contributed by atoms with Crippen molar-refractivity contribution in [3.05, 3.63) is 30.1 Å². The molecule has 1 saturated carbocycles. The van der Waals surface area contributed by atoms with Crippen LogP contribution in [0.1, 0.15) is 12.8 Å². The zero-order valence-corrected chi connectivity index (χ0v) is 12.4. The Morgan fingerprint density at radius 1 is 1.48 bits per heavy atom. The second kappa shape index (κ2) is 5.85. The fourth-order valence-corrected chi connectivity index (χ4v) is 2.70. The summed E-state index contributed by atoms with van der Waals surface area (Å²) in [5.41, 5.74) is 0.373. The molecule has 1 aromatic heterocycles. The van der Waals surface area contributed by atoms with Crippen molar-refractivity contribution < 1.29 is 9.18 Å². The molecule has 0 atom stereocenters. The Morgan fingerprint density at radius 2 is 2.24 bits per heavy atom. The minimum absolute atomic E-state index is 0.0692. The molecule has 0 spiro atoms. The predicted octanol–water partition coefficient (Wildman–Crippen LogP) is 2.32. The lowest BCUT2D eigenvalue weighted by atomic mass is 10.2. The normalized spacial score (nSPS) is 14.2. The van der Waals surface area contributed by atoms with Crippen LogP contribution in [0, 0.1) is 5.82 Å². The number of carbonyl (C=O) groups is 1. The van der Waals surface area contributed by atoms with Crippen molar-refractivity contribution in [1.82, 2.24) is 20.1 Å². The van der Waals surface area contributed by atoms with Crippen molar-refractivity contribution in [1.29, 1.82) is 0 Å². The van der Waals surface area contributed by atoms with Crippen molar-refractivity contribution >= 4 is 17.7 Å². The second-order valence-corrected chi connectivity index (χ2v) is 5.91. The first-order valence-corrected chi connectivity index (χ1v) is 7.69. The summed E-state index contributed by atoms with van der Waals surface area (Å²) in [5, 5.41) is 7.17. The molecule has 1 fully saturated rings. The van der Waals surface area contributed by atoms with E-state index < -0.39 is 0 Å². The van der Waals surface area contributed by atoms with Crippen LogP contribution in [-0.2, 0) is 4.79 Å². The zero-order chi connectivity index (χ0) is 14.8. The maximum atomic E-state index is 13.6. The van der Waals surface area contributed by atoms with Crippen LogP contribution in [0.4, 0.5) is 4.39 Å². The number of halogens is 1. The number of hydrogen-bond donors (Lipinski definition) is 1. The topological polar surface area (TPSA) is 61.9 Å². The minimum atomic E-state index is -0.352. The number of carbonyl (C=O) groups excluding carboxylic acids is 1. The Labute approximate surface area is 125 Å². The van der Waals surface area contributed by atoms with Crippen LogP contribution in [0.2, 0.25) is 0 Å². The third kappa shape index (κ3) is 3.24. The third-order valence-corrected chi connectivity index (χ3v) is 4.24. The monoisotopic (exact) mass is 306 g/mol. The number of nitrogens with one attached hydrogen (secondary N) is 1.